The van der Waals surface area contributed by atoms with Gasteiger partial charge in [-0.2, -0.15) is 5.26 Å². The molecule has 0 radical (unpaired) electrons. The molecule has 0 saturated carbocycles. The second-order valence-electron chi connectivity index (χ2n) is 6.93. The maximum atomic E-state index is 9.98. The average molecular weight is 422 g/mol. The summed E-state index contributed by atoms with van der Waals surface area (Å²) in [5.41, 5.74) is 3.70. The maximum absolute atomic E-state index is 9.98. The molecule has 0 saturated heterocycles. The van der Waals surface area contributed by atoms with Crippen LogP contribution in [0.25, 0.3) is 22.5 Å². The summed E-state index contributed by atoms with van der Waals surface area (Å²) in [5, 5.41) is 9.98. The highest BCUT2D eigenvalue weighted by molar-refractivity contribution is 5.90. The standard InChI is InChI=1S/C27H22N2O3/c1-3-31-23-15-14-19(16-24(23)30-2)18-29-27-22(17-28)25(20-10-6-4-7-11-20)26(32-27)21-12-8-5-9-13-21/h4-16,18H,3H2,1-2H3. The van der Waals surface area contributed by atoms with Crippen LogP contribution in [-0.2, 0) is 0 Å². The number of methoxy groups -OCH3 is 1. The van der Waals surface area contributed by atoms with Crippen molar-refractivity contribution in [3.63, 3.8) is 0 Å². The van der Waals surface area contributed by atoms with Crippen LogP contribution in [0, 0.1) is 11.3 Å². The van der Waals surface area contributed by atoms with Gasteiger partial charge in [0.15, 0.2) is 11.5 Å². The van der Waals surface area contributed by atoms with Crippen molar-refractivity contribution in [2.24, 2.45) is 4.99 Å². The molecule has 0 aliphatic rings. The number of ether oxygens (including phenoxy) is 2. The molecule has 0 fully saturated rings. The Morgan fingerprint density at radius 2 is 1.62 bits per heavy atom. The van der Waals surface area contributed by atoms with Crippen molar-refractivity contribution in [3.05, 3.63) is 90.0 Å². The van der Waals surface area contributed by atoms with Crippen LogP contribution in [0.15, 0.2) is 88.3 Å². The monoisotopic (exact) mass is 422 g/mol. The van der Waals surface area contributed by atoms with Gasteiger partial charge in [0.05, 0.1) is 13.7 Å². The van der Waals surface area contributed by atoms with Crippen LogP contribution >= 0.6 is 0 Å². The topological polar surface area (TPSA) is 67.8 Å². The number of hydrogen-bond acceptors (Lipinski definition) is 5. The largest absolute Gasteiger partial charge is 0.493 e. The zero-order chi connectivity index (χ0) is 22.3. The van der Waals surface area contributed by atoms with Crippen LogP contribution in [0.1, 0.15) is 18.1 Å². The van der Waals surface area contributed by atoms with Crippen LogP contribution in [0.2, 0.25) is 0 Å². The molecular formula is C27H22N2O3. The third-order valence-corrected chi connectivity index (χ3v) is 4.92. The van der Waals surface area contributed by atoms with Crippen LogP contribution in [0.3, 0.4) is 0 Å². The van der Waals surface area contributed by atoms with Crippen molar-refractivity contribution in [1.29, 1.82) is 5.26 Å². The summed E-state index contributed by atoms with van der Waals surface area (Å²) in [4.78, 5) is 4.52. The van der Waals surface area contributed by atoms with Crippen molar-refractivity contribution < 1.29 is 13.9 Å². The van der Waals surface area contributed by atoms with Crippen molar-refractivity contribution in [1.82, 2.24) is 0 Å². The molecule has 4 aromatic rings. The highest BCUT2D eigenvalue weighted by Crippen LogP contribution is 2.42. The zero-order valence-electron chi connectivity index (χ0n) is 17.9. The van der Waals surface area contributed by atoms with E-state index in [1.807, 2.05) is 85.8 Å². The molecule has 1 heterocycles. The third kappa shape index (κ3) is 4.26. The molecule has 4 rings (SSSR count). The van der Waals surface area contributed by atoms with E-state index >= 15 is 0 Å². The first kappa shape index (κ1) is 21.0. The molecule has 5 nitrogen and oxygen atoms in total. The van der Waals surface area contributed by atoms with Gasteiger partial charge >= 0.3 is 0 Å². The predicted octanol–water partition coefficient (Wildman–Crippen LogP) is 6.64. The number of aliphatic imine (C=N–C) groups is 1. The fourth-order valence-electron chi connectivity index (χ4n) is 3.46. The molecule has 0 atom stereocenters. The third-order valence-electron chi connectivity index (χ3n) is 4.92. The van der Waals surface area contributed by atoms with Crippen molar-refractivity contribution in [2.75, 3.05) is 13.7 Å². The van der Waals surface area contributed by atoms with Gasteiger partial charge in [0.25, 0.3) is 0 Å². The molecule has 0 aliphatic heterocycles. The minimum atomic E-state index is 0.262. The van der Waals surface area contributed by atoms with Crippen molar-refractivity contribution in [3.8, 4) is 40.0 Å². The van der Waals surface area contributed by atoms with Crippen LogP contribution in [-0.4, -0.2) is 19.9 Å². The fourth-order valence-corrected chi connectivity index (χ4v) is 3.46. The molecule has 0 aliphatic carbocycles. The molecule has 0 amide bonds. The van der Waals surface area contributed by atoms with Gasteiger partial charge in [-0.3, -0.25) is 0 Å². The summed E-state index contributed by atoms with van der Waals surface area (Å²) in [7, 11) is 1.59. The summed E-state index contributed by atoms with van der Waals surface area (Å²) in [5.74, 6) is 2.16. The van der Waals surface area contributed by atoms with E-state index in [-0.39, 0.29) is 5.88 Å². The smallest absolute Gasteiger partial charge is 0.238 e. The van der Waals surface area contributed by atoms with Gasteiger partial charge in [-0.05, 0) is 36.2 Å². The van der Waals surface area contributed by atoms with Gasteiger partial charge in [-0.15, -0.1) is 0 Å². The van der Waals surface area contributed by atoms with Gasteiger partial charge < -0.3 is 13.9 Å². The first-order valence-electron chi connectivity index (χ1n) is 10.3. The van der Waals surface area contributed by atoms with E-state index in [2.05, 4.69) is 11.1 Å². The number of hydrogen-bond donors (Lipinski definition) is 0. The minimum absolute atomic E-state index is 0.262. The number of benzene rings is 3. The first-order chi connectivity index (χ1) is 15.7. The minimum Gasteiger partial charge on any atom is -0.493 e. The van der Waals surface area contributed by atoms with Crippen LogP contribution in [0.4, 0.5) is 5.88 Å². The molecule has 0 spiro atoms. The number of rotatable bonds is 7. The second-order valence-corrected chi connectivity index (χ2v) is 6.93. The highest BCUT2D eigenvalue weighted by atomic mass is 16.5. The van der Waals surface area contributed by atoms with E-state index in [1.54, 1.807) is 13.3 Å². The Hall–Kier alpha value is -4.30. The molecule has 1 aromatic heterocycles. The molecule has 3 aromatic carbocycles. The van der Waals surface area contributed by atoms with Crippen LogP contribution in [0.5, 0.6) is 11.5 Å². The Balaban J connectivity index is 1.80. The SMILES string of the molecule is CCOc1ccc(C=Nc2oc(-c3ccccc3)c(-c3ccccc3)c2C#N)cc1OC. The van der Waals surface area contributed by atoms with E-state index in [9.17, 15) is 5.26 Å². The van der Waals surface area contributed by atoms with E-state index < -0.39 is 0 Å². The van der Waals surface area contributed by atoms with Gasteiger partial charge in [-0.25, -0.2) is 4.99 Å². The van der Waals surface area contributed by atoms with Crippen LogP contribution < -0.4 is 9.47 Å². The molecular weight excluding hydrogens is 400 g/mol. The Morgan fingerprint density at radius 3 is 2.25 bits per heavy atom. The lowest BCUT2D eigenvalue weighted by molar-refractivity contribution is 0.311. The molecule has 0 unspecified atom stereocenters. The average Bonchev–Trinajstić information content (AvgIpc) is 3.23. The summed E-state index contributed by atoms with van der Waals surface area (Å²) < 4.78 is 17.1. The molecule has 0 N–H and O–H groups in total. The lowest BCUT2D eigenvalue weighted by Gasteiger charge is -2.09. The summed E-state index contributed by atoms with van der Waals surface area (Å²) in [6.07, 6.45) is 1.65. The van der Waals surface area contributed by atoms with Gasteiger partial charge in [-0.1, -0.05) is 60.7 Å². The van der Waals surface area contributed by atoms with E-state index in [0.717, 1.165) is 22.3 Å². The lowest BCUT2D eigenvalue weighted by Crippen LogP contribution is -1.96. The Bertz CT molecular complexity index is 1270. The first-order valence-corrected chi connectivity index (χ1v) is 10.3. The van der Waals surface area contributed by atoms with Gasteiger partial charge in [0.2, 0.25) is 5.88 Å². The summed E-state index contributed by atoms with van der Waals surface area (Å²) in [6, 6.07) is 27.3. The summed E-state index contributed by atoms with van der Waals surface area (Å²) in [6.45, 7) is 2.47. The highest BCUT2D eigenvalue weighted by Gasteiger charge is 2.22. The number of furan rings is 1. The Labute approximate surface area is 187 Å². The zero-order valence-corrected chi connectivity index (χ0v) is 17.9. The molecule has 32 heavy (non-hydrogen) atoms. The lowest BCUT2D eigenvalue weighted by atomic mass is 9.98. The normalized spacial score (nSPS) is 10.8. The van der Waals surface area contributed by atoms with Gasteiger partial charge in [0, 0.05) is 17.3 Å². The number of nitrogens with zero attached hydrogens (tertiary/aromatic N) is 2. The number of nitriles is 1. The van der Waals surface area contributed by atoms with E-state index in [4.69, 9.17) is 13.9 Å². The van der Waals surface area contributed by atoms with E-state index in [1.165, 1.54) is 0 Å². The Morgan fingerprint density at radius 1 is 0.938 bits per heavy atom. The maximum Gasteiger partial charge on any atom is 0.238 e. The van der Waals surface area contributed by atoms with Gasteiger partial charge in [0.1, 0.15) is 17.4 Å². The fraction of sp³-hybridized carbons (Fsp3) is 0.111. The summed E-state index contributed by atoms with van der Waals surface area (Å²) >= 11 is 0. The predicted molar refractivity (Wildman–Crippen MR) is 126 cm³/mol. The molecule has 158 valence electrons. The second kappa shape index (κ2) is 9.67. The molecule has 0 bridgehead atoms. The Kier molecular flexibility index (Phi) is 6.33. The quantitative estimate of drug-likeness (QED) is 0.313. The van der Waals surface area contributed by atoms with Crippen molar-refractivity contribution in [2.45, 2.75) is 6.92 Å². The van der Waals surface area contributed by atoms with Crippen molar-refractivity contribution >= 4 is 12.1 Å². The molecule has 5 heteroatoms. The van der Waals surface area contributed by atoms with E-state index in [0.29, 0.717) is 29.4 Å².